The molecule has 3 aromatic heterocycles. The van der Waals surface area contributed by atoms with Gasteiger partial charge in [-0.1, -0.05) is 90.5 Å². The fourth-order valence-electron chi connectivity index (χ4n) is 7.47. The number of pyridine rings is 2. The number of para-hydroxylation sites is 2. The molecule has 0 N–H and O–H groups in total. The van der Waals surface area contributed by atoms with Gasteiger partial charge in [-0.05, 0) is 83.5 Å². The van der Waals surface area contributed by atoms with Crippen LogP contribution in [0.4, 0.5) is 22.7 Å². The number of aryl methyl sites for hydroxylation is 4. The molecule has 0 bridgehead atoms. The van der Waals surface area contributed by atoms with Crippen LogP contribution in [0.3, 0.4) is 0 Å². The average Bonchev–Trinajstić information content (AvgIpc) is 3.78. The topological polar surface area (TPSA) is 46.0 Å². The SMILES string of the molecule is [2H]c1c([2H])c([2H])c2c(c1[2H])[N+](c1[c-]c(Oc3[c-]c4c(cc3)c3ccncc3n4-c3cc(C(C)(C)C)ccn3)cc(-c3c(C)cc(C)cc3C)c1)=C=[N+]2c1ccc(C([2H])([2H])[2H])cc1.[Pt+2]. The molecule has 276 valence electrons. The van der Waals surface area contributed by atoms with Crippen molar-refractivity contribution in [3.63, 3.8) is 0 Å². The number of fused-ring (bicyclic) bond motifs is 4. The Bertz CT molecular complexity index is 3230. The molecule has 4 heterocycles. The van der Waals surface area contributed by atoms with Crippen LogP contribution < -0.4 is 13.9 Å². The first-order chi connectivity index (χ1) is 29.4. The zero-order chi connectivity index (χ0) is 44.0. The van der Waals surface area contributed by atoms with Gasteiger partial charge in [0, 0.05) is 52.2 Å². The quantitative estimate of drug-likeness (QED) is 0.123. The van der Waals surface area contributed by atoms with E-state index in [1.165, 1.54) is 16.7 Å². The molecule has 0 unspecified atom stereocenters. The predicted octanol–water partition coefficient (Wildman–Crippen LogP) is 12.0. The molecule has 0 atom stereocenters. The standard InChI is InChI=1S/C49H41N5O.Pt/c1-31-12-14-37(15-13-31)52-30-53(44-11-9-8-10-43(44)52)38-24-35(48-33(3)22-32(2)23-34(48)4)25-40(27-38)55-39-16-17-41-42-19-20-50-29-46(42)54(45(41)28-39)47-26-36(18-21-51-47)49(5,6)7;/h8-26,29H,1-7H3;/q;+2/i1D3,8D,9D,10D,11D;. The van der Waals surface area contributed by atoms with Gasteiger partial charge in [0.1, 0.15) is 11.5 Å². The predicted molar refractivity (Wildman–Crippen MR) is 224 cm³/mol. The second-order valence-corrected chi connectivity index (χ2v) is 15.0. The summed E-state index contributed by atoms with van der Waals surface area (Å²) in [5.41, 5.74) is 8.90. The summed E-state index contributed by atoms with van der Waals surface area (Å²) in [4.78, 5) is 9.25. The van der Waals surface area contributed by atoms with Crippen LogP contribution >= 0.6 is 0 Å². The molecule has 0 fully saturated rings. The van der Waals surface area contributed by atoms with E-state index in [1.54, 1.807) is 22.9 Å². The van der Waals surface area contributed by atoms with Gasteiger partial charge >= 0.3 is 27.1 Å². The van der Waals surface area contributed by atoms with E-state index in [9.17, 15) is 0 Å². The maximum absolute atomic E-state index is 9.13. The first-order valence-corrected chi connectivity index (χ1v) is 18.1. The largest absolute Gasteiger partial charge is 2.00 e. The molecule has 5 aromatic carbocycles. The minimum atomic E-state index is -2.33. The van der Waals surface area contributed by atoms with Crippen LogP contribution in [0, 0.1) is 39.8 Å². The summed E-state index contributed by atoms with van der Waals surface area (Å²) in [6, 6.07) is 33.0. The van der Waals surface area contributed by atoms with Crippen molar-refractivity contribution in [2.45, 2.75) is 53.8 Å². The van der Waals surface area contributed by atoms with Crippen LogP contribution in [0.15, 0.2) is 122 Å². The van der Waals surface area contributed by atoms with Crippen LogP contribution in [0.2, 0.25) is 0 Å². The Labute approximate surface area is 352 Å². The Balaban J connectivity index is 0.00000544. The van der Waals surface area contributed by atoms with E-state index in [2.05, 4.69) is 82.9 Å². The molecule has 6 nitrogen and oxygen atoms in total. The Morgan fingerprint density at radius 3 is 2.27 bits per heavy atom. The molecule has 56 heavy (non-hydrogen) atoms. The minimum absolute atomic E-state index is 0. The monoisotopic (exact) mass is 917 g/mol. The molecule has 9 rings (SSSR count). The Morgan fingerprint density at radius 2 is 1.54 bits per heavy atom. The molecule has 0 spiro atoms. The maximum atomic E-state index is 9.13. The first-order valence-electron chi connectivity index (χ1n) is 21.6. The van der Waals surface area contributed by atoms with Crippen molar-refractivity contribution in [2.24, 2.45) is 0 Å². The molecule has 0 radical (unpaired) electrons. The third-order valence-electron chi connectivity index (χ3n) is 9.97. The third kappa shape index (κ3) is 6.60. The van der Waals surface area contributed by atoms with Crippen molar-refractivity contribution >= 4 is 50.6 Å². The fourth-order valence-corrected chi connectivity index (χ4v) is 7.47. The molecule has 7 heteroatoms. The number of aromatic nitrogens is 3. The third-order valence-corrected chi connectivity index (χ3v) is 9.97. The molecule has 0 saturated heterocycles. The molecule has 8 aromatic rings. The van der Waals surface area contributed by atoms with E-state index >= 15 is 0 Å². The number of benzene rings is 5. The molecular formula is C49H41N5OPt+2. The van der Waals surface area contributed by atoms with Crippen LogP contribution in [-0.2, 0) is 26.5 Å². The summed E-state index contributed by atoms with van der Waals surface area (Å²) >= 11 is 0. The van der Waals surface area contributed by atoms with Crippen molar-refractivity contribution < 1.29 is 35.4 Å². The first kappa shape index (κ1) is 29.4. The van der Waals surface area contributed by atoms with Crippen molar-refractivity contribution in [1.29, 1.82) is 0 Å². The van der Waals surface area contributed by atoms with Crippen LogP contribution in [-0.4, -0.2) is 20.5 Å². The van der Waals surface area contributed by atoms with E-state index in [0.29, 0.717) is 22.9 Å². The van der Waals surface area contributed by atoms with E-state index < -0.39 is 18.9 Å². The summed E-state index contributed by atoms with van der Waals surface area (Å²) in [6.07, 6.45) is 5.41. The summed E-state index contributed by atoms with van der Waals surface area (Å²) in [5, 5.41) is 1.93. The van der Waals surface area contributed by atoms with Gasteiger partial charge in [0.2, 0.25) is 5.69 Å². The summed E-state index contributed by atoms with van der Waals surface area (Å²) in [5.74, 6) is 1.46. The van der Waals surface area contributed by atoms with Gasteiger partial charge < -0.3 is 9.30 Å². The molecule has 0 aliphatic carbocycles. The van der Waals surface area contributed by atoms with E-state index in [0.717, 1.165) is 61.0 Å². The zero-order valence-electron chi connectivity index (χ0n) is 38.7. The average molecular weight is 918 g/mol. The van der Waals surface area contributed by atoms with Crippen molar-refractivity contribution in [3.8, 4) is 28.4 Å². The second kappa shape index (κ2) is 14.3. The van der Waals surface area contributed by atoms with Gasteiger partial charge in [0.05, 0.1) is 17.2 Å². The number of hydrogen-bond acceptors (Lipinski definition) is 3. The Morgan fingerprint density at radius 1 is 0.786 bits per heavy atom. The van der Waals surface area contributed by atoms with Gasteiger partial charge in [-0.15, -0.1) is 29.1 Å². The Hall–Kier alpha value is -5.93. The van der Waals surface area contributed by atoms with Gasteiger partial charge in [-0.3, -0.25) is 4.98 Å². The van der Waals surface area contributed by atoms with Gasteiger partial charge in [0.25, 0.3) is 11.4 Å². The Kier molecular flexibility index (Phi) is 7.49. The number of rotatable bonds is 6. The minimum Gasteiger partial charge on any atom is -0.509 e. The molecular weight excluding hydrogens is 870 g/mol. The van der Waals surface area contributed by atoms with Gasteiger partial charge in [-0.2, -0.15) is 6.07 Å². The van der Waals surface area contributed by atoms with E-state index in [4.69, 9.17) is 19.3 Å². The van der Waals surface area contributed by atoms with E-state index in [-0.39, 0.29) is 55.5 Å². The smallest absolute Gasteiger partial charge is 0.509 e. The summed E-state index contributed by atoms with van der Waals surface area (Å²) in [6.45, 7) is 10.3. The van der Waals surface area contributed by atoms with Gasteiger partial charge in [0.15, 0.2) is 0 Å². The van der Waals surface area contributed by atoms with Crippen molar-refractivity contribution in [2.75, 3.05) is 0 Å². The molecule has 1 aliphatic rings. The summed E-state index contributed by atoms with van der Waals surface area (Å²) < 4.78 is 70.9. The zero-order valence-corrected chi connectivity index (χ0v) is 34.0. The normalized spacial score (nSPS) is 14.4. The van der Waals surface area contributed by atoms with Crippen LogP contribution in [0.25, 0.3) is 38.8 Å². The molecule has 0 amide bonds. The fraction of sp³-hybridized carbons (Fsp3) is 0.163. The number of nitrogens with zero attached hydrogens (tertiary/aromatic N) is 5. The molecule has 1 aliphatic heterocycles. The van der Waals surface area contributed by atoms with Crippen LogP contribution in [0.5, 0.6) is 11.5 Å². The van der Waals surface area contributed by atoms with Crippen LogP contribution in [0.1, 0.15) is 58.2 Å². The number of ether oxygens (including phenoxy) is 1. The molecule has 0 saturated carbocycles. The van der Waals surface area contributed by atoms with Crippen molar-refractivity contribution in [3.05, 3.63) is 162 Å². The van der Waals surface area contributed by atoms with Gasteiger partial charge in [-0.25, -0.2) is 4.98 Å². The van der Waals surface area contributed by atoms with E-state index in [1.807, 2.05) is 53.4 Å². The number of hydrogen-bond donors (Lipinski definition) is 0. The summed E-state index contributed by atoms with van der Waals surface area (Å²) in [7, 11) is 0. The second-order valence-electron chi connectivity index (χ2n) is 15.0. The maximum Gasteiger partial charge on any atom is 2.00 e. The van der Waals surface area contributed by atoms with Crippen molar-refractivity contribution in [1.82, 2.24) is 23.7 Å².